The van der Waals surface area contributed by atoms with E-state index in [1.165, 1.54) is 32.5 Å². The Labute approximate surface area is 168 Å². The maximum absolute atomic E-state index is 11.7. The zero-order chi connectivity index (χ0) is 20.6. The second-order valence-electron chi connectivity index (χ2n) is 6.89. The summed E-state index contributed by atoms with van der Waals surface area (Å²) in [6.07, 6.45) is 4.96. The van der Waals surface area contributed by atoms with Gasteiger partial charge in [-0.1, -0.05) is 6.42 Å². The van der Waals surface area contributed by atoms with Crippen LogP contribution in [0.2, 0.25) is 0 Å². The first-order chi connectivity index (χ1) is 14.0. The monoisotopic (exact) mass is 399 g/mol. The zero-order valence-electron chi connectivity index (χ0n) is 16.4. The number of aromatic nitrogens is 2. The number of anilines is 4. The molecule has 29 heavy (non-hydrogen) atoms. The van der Waals surface area contributed by atoms with Gasteiger partial charge in [-0.3, -0.25) is 14.9 Å². The van der Waals surface area contributed by atoms with Crippen LogP contribution < -0.4 is 16.0 Å². The van der Waals surface area contributed by atoms with Crippen LogP contribution in [0, 0.1) is 10.1 Å². The molecule has 1 aliphatic heterocycles. The highest BCUT2D eigenvalue weighted by molar-refractivity contribution is 5.89. The largest absolute Gasteiger partial charge is 0.363 e. The molecule has 0 atom stereocenters. The second-order valence-corrected chi connectivity index (χ2v) is 6.89. The van der Waals surface area contributed by atoms with Crippen LogP contribution in [0.1, 0.15) is 26.2 Å². The second kappa shape index (κ2) is 9.78. The summed E-state index contributed by atoms with van der Waals surface area (Å²) in [7, 11) is 0. The number of nitrogens with zero attached hydrogens (tertiary/aromatic N) is 4. The van der Waals surface area contributed by atoms with Crippen molar-refractivity contribution in [3.05, 3.63) is 40.7 Å². The Morgan fingerprint density at radius 2 is 1.76 bits per heavy atom. The highest BCUT2D eigenvalue weighted by Crippen LogP contribution is 2.31. The smallest absolute Gasteiger partial charge is 0.353 e. The molecule has 1 aliphatic rings. The highest BCUT2D eigenvalue weighted by Gasteiger charge is 2.23. The van der Waals surface area contributed by atoms with E-state index in [0.717, 1.165) is 19.6 Å². The van der Waals surface area contributed by atoms with Crippen LogP contribution in [0.4, 0.5) is 28.7 Å². The Kier molecular flexibility index (Phi) is 6.90. The summed E-state index contributed by atoms with van der Waals surface area (Å²) in [4.78, 5) is 32.7. The standard InChI is InChI=1S/C19H25N7O3/c1-14(27)23-15-5-7-16(8-6-15)24-19-17(26(28)29)18(21-13-22-19)20-9-12-25-10-3-2-4-11-25/h5-8,13H,2-4,9-12H2,1H3,(H,23,27)(H2,20,21,22,24). The lowest BCUT2D eigenvalue weighted by atomic mass is 10.1. The molecule has 0 radical (unpaired) electrons. The average Bonchev–Trinajstić information content (AvgIpc) is 2.70. The van der Waals surface area contributed by atoms with Crippen LogP contribution >= 0.6 is 0 Å². The van der Waals surface area contributed by atoms with Gasteiger partial charge in [0.2, 0.25) is 17.5 Å². The number of nitrogens with one attached hydrogen (secondary N) is 3. The predicted molar refractivity (Wildman–Crippen MR) is 111 cm³/mol. The number of amides is 1. The van der Waals surface area contributed by atoms with Crippen LogP contribution in [0.3, 0.4) is 0 Å². The molecular weight excluding hydrogens is 374 g/mol. The molecule has 0 bridgehead atoms. The number of likely N-dealkylation sites (tertiary alicyclic amines) is 1. The molecule has 1 saturated heterocycles. The van der Waals surface area contributed by atoms with E-state index in [1.807, 2.05) is 0 Å². The minimum atomic E-state index is -0.489. The van der Waals surface area contributed by atoms with Gasteiger partial charge in [0.05, 0.1) is 4.92 Å². The summed E-state index contributed by atoms with van der Waals surface area (Å²) in [6.45, 7) is 4.94. The maximum atomic E-state index is 11.7. The number of carbonyl (C=O) groups excluding carboxylic acids is 1. The Hall–Kier alpha value is -3.27. The van der Waals surface area contributed by atoms with Crippen molar-refractivity contribution in [2.45, 2.75) is 26.2 Å². The summed E-state index contributed by atoms with van der Waals surface area (Å²) < 4.78 is 0. The number of hydrogen-bond acceptors (Lipinski definition) is 8. The van der Waals surface area contributed by atoms with Gasteiger partial charge in [0, 0.05) is 31.4 Å². The minimum Gasteiger partial charge on any atom is -0.363 e. The highest BCUT2D eigenvalue weighted by atomic mass is 16.6. The van der Waals surface area contributed by atoms with Gasteiger partial charge in [-0.2, -0.15) is 0 Å². The number of nitro groups is 1. The van der Waals surface area contributed by atoms with Crippen LogP contribution in [-0.2, 0) is 4.79 Å². The molecule has 154 valence electrons. The SMILES string of the molecule is CC(=O)Nc1ccc(Nc2ncnc(NCCN3CCCCC3)c2[N+](=O)[O-])cc1. The summed E-state index contributed by atoms with van der Waals surface area (Å²) in [5.74, 6) is 0.134. The van der Waals surface area contributed by atoms with E-state index in [1.54, 1.807) is 24.3 Å². The molecule has 3 N–H and O–H groups in total. The van der Waals surface area contributed by atoms with Crippen molar-refractivity contribution in [1.29, 1.82) is 0 Å². The molecular formula is C19H25N7O3. The maximum Gasteiger partial charge on any atom is 0.353 e. The fourth-order valence-corrected chi connectivity index (χ4v) is 3.26. The van der Waals surface area contributed by atoms with Crippen molar-refractivity contribution >= 4 is 34.6 Å². The first-order valence-corrected chi connectivity index (χ1v) is 9.63. The number of carbonyl (C=O) groups is 1. The molecule has 0 unspecified atom stereocenters. The lowest BCUT2D eigenvalue weighted by Crippen LogP contribution is -2.33. The van der Waals surface area contributed by atoms with E-state index in [4.69, 9.17) is 0 Å². The van der Waals surface area contributed by atoms with Crippen LogP contribution in [0.25, 0.3) is 0 Å². The van der Waals surface area contributed by atoms with Crippen molar-refractivity contribution in [2.75, 3.05) is 42.1 Å². The van der Waals surface area contributed by atoms with Crippen LogP contribution in [0.5, 0.6) is 0 Å². The number of hydrogen-bond donors (Lipinski definition) is 3. The molecule has 1 fully saturated rings. The molecule has 10 heteroatoms. The van der Waals surface area contributed by atoms with Gasteiger partial charge >= 0.3 is 5.69 Å². The van der Waals surface area contributed by atoms with Crippen molar-refractivity contribution in [3.63, 3.8) is 0 Å². The van der Waals surface area contributed by atoms with Crippen LogP contribution in [0.15, 0.2) is 30.6 Å². The summed E-state index contributed by atoms with van der Waals surface area (Å²) in [5.41, 5.74) is 1.05. The quantitative estimate of drug-likeness (QED) is 0.457. The number of benzene rings is 1. The first kappa shape index (κ1) is 20.5. The third-order valence-electron chi connectivity index (χ3n) is 4.64. The Morgan fingerprint density at radius 3 is 2.41 bits per heavy atom. The first-order valence-electron chi connectivity index (χ1n) is 9.63. The van der Waals surface area contributed by atoms with Gasteiger partial charge in [-0.25, -0.2) is 9.97 Å². The fraction of sp³-hybridized carbons (Fsp3) is 0.421. The number of piperidine rings is 1. The topological polar surface area (TPSA) is 125 Å². The summed E-state index contributed by atoms with van der Waals surface area (Å²) in [6, 6.07) is 6.82. The molecule has 0 saturated carbocycles. The minimum absolute atomic E-state index is 0.109. The summed E-state index contributed by atoms with van der Waals surface area (Å²) >= 11 is 0. The van der Waals surface area contributed by atoms with Gasteiger partial charge < -0.3 is 20.9 Å². The van der Waals surface area contributed by atoms with E-state index in [-0.39, 0.29) is 23.2 Å². The third-order valence-corrected chi connectivity index (χ3v) is 4.64. The molecule has 3 rings (SSSR count). The van der Waals surface area contributed by atoms with E-state index < -0.39 is 4.92 Å². The van der Waals surface area contributed by atoms with Gasteiger partial charge in [-0.15, -0.1) is 0 Å². The Morgan fingerprint density at radius 1 is 1.10 bits per heavy atom. The lowest BCUT2D eigenvalue weighted by Gasteiger charge is -2.26. The molecule has 1 aromatic carbocycles. The molecule has 1 aromatic heterocycles. The van der Waals surface area contributed by atoms with Gasteiger partial charge in [-0.05, 0) is 50.2 Å². The van der Waals surface area contributed by atoms with Crippen molar-refractivity contribution in [3.8, 4) is 0 Å². The fourth-order valence-electron chi connectivity index (χ4n) is 3.26. The normalized spacial score (nSPS) is 14.2. The van der Waals surface area contributed by atoms with Gasteiger partial charge in [0.25, 0.3) is 0 Å². The molecule has 10 nitrogen and oxygen atoms in total. The van der Waals surface area contributed by atoms with Crippen molar-refractivity contribution < 1.29 is 9.72 Å². The van der Waals surface area contributed by atoms with Crippen molar-refractivity contribution in [2.24, 2.45) is 0 Å². The van der Waals surface area contributed by atoms with Gasteiger partial charge in [0.1, 0.15) is 6.33 Å². The molecule has 2 aromatic rings. The zero-order valence-corrected chi connectivity index (χ0v) is 16.4. The molecule has 1 amide bonds. The van der Waals surface area contributed by atoms with E-state index in [9.17, 15) is 14.9 Å². The predicted octanol–water partition coefficient (Wildman–Crippen LogP) is 2.98. The molecule has 0 spiro atoms. The Bertz CT molecular complexity index is 851. The summed E-state index contributed by atoms with van der Waals surface area (Å²) in [5, 5.41) is 20.4. The molecule has 2 heterocycles. The van der Waals surface area contributed by atoms with Crippen LogP contribution in [-0.4, -0.2) is 51.9 Å². The molecule has 0 aliphatic carbocycles. The van der Waals surface area contributed by atoms with E-state index >= 15 is 0 Å². The van der Waals surface area contributed by atoms with E-state index in [0.29, 0.717) is 17.9 Å². The third kappa shape index (κ3) is 5.85. The van der Waals surface area contributed by atoms with Gasteiger partial charge in [0.15, 0.2) is 0 Å². The number of rotatable bonds is 8. The Balaban J connectivity index is 1.69. The lowest BCUT2D eigenvalue weighted by molar-refractivity contribution is -0.383. The average molecular weight is 399 g/mol. The van der Waals surface area contributed by atoms with E-state index in [2.05, 4.69) is 30.8 Å². The van der Waals surface area contributed by atoms with Crippen molar-refractivity contribution in [1.82, 2.24) is 14.9 Å².